The number of aliphatic hydroxyl groups is 1. The van der Waals surface area contributed by atoms with Gasteiger partial charge in [0, 0.05) is 26.2 Å². The van der Waals surface area contributed by atoms with Gasteiger partial charge in [0.15, 0.2) is 0 Å². The summed E-state index contributed by atoms with van der Waals surface area (Å²) >= 11 is 0. The Kier molecular flexibility index (Phi) is 3.79. The lowest BCUT2D eigenvalue weighted by molar-refractivity contribution is -0.0111. The molecule has 0 atom stereocenters. The van der Waals surface area contributed by atoms with Crippen LogP contribution in [-0.2, 0) is 0 Å². The minimum Gasteiger partial charge on any atom is -0.388 e. The van der Waals surface area contributed by atoms with Crippen molar-refractivity contribution in [2.45, 2.75) is 31.3 Å². The van der Waals surface area contributed by atoms with Gasteiger partial charge in [0.1, 0.15) is 0 Å². The van der Waals surface area contributed by atoms with Crippen LogP contribution in [0.3, 0.4) is 0 Å². The van der Waals surface area contributed by atoms with Gasteiger partial charge in [-0.15, -0.1) is 0 Å². The number of hydrogen-bond acceptors (Lipinski definition) is 3. The topological polar surface area (TPSA) is 49.5 Å². The van der Waals surface area contributed by atoms with Crippen molar-refractivity contribution in [1.29, 1.82) is 0 Å². The maximum atomic E-state index is 10.0. The van der Waals surface area contributed by atoms with Crippen molar-refractivity contribution in [1.82, 2.24) is 4.90 Å². The van der Waals surface area contributed by atoms with Crippen molar-refractivity contribution in [2.24, 2.45) is 5.73 Å². The molecule has 1 fully saturated rings. The molecule has 16 heavy (non-hydrogen) atoms. The lowest BCUT2D eigenvalue weighted by atomic mass is 9.91. The van der Waals surface area contributed by atoms with Gasteiger partial charge in [-0.3, -0.25) is 4.90 Å². The van der Waals surface area contributed by atoms with Gasteiger partial charge in [-0.2, -0.15) is 0 Å². The first-order valence-electron chi connectivity index (χ1n) is 6.22. The van der Waals surface area contributed by atoms with Gasteiger partial charge in [-0.05, 0) is 31.3 Å². The number of nitrogens with two attached hydrogens (primary N) is 1. The summed E-state index contributed by atoms with van der Waals surface area (Å²) in [6.45, 7) is 3.33. The molecule has 3 N–H and O–H groups in total. The van der Waals surface area contributed by atoms with Crippen molar-refractivity contribution in [3.63, 3.8) is 0 Å². The van der Waals surface area contributed by atoms with Crippen molar-refractivity contribution in [3.8, 4) is 0 Å². The zero-order valence-corrected chi connectivity index (χ0v) is 9.86. The van der Waals surface area contributed by atoms with Crippen molar-refractivity contribution >= 4 is 0 Å². The Hall–Kier alpha value is -0.640. The van der Waals surface area contributed by atoms with Crippen LogP contribution in [0.25, 0.3) is 0 Å². The monoisotopic (exact) mass is 222 g/mol. The van der Waals surface area contributed by atoms with Gasteiger partial charge in [0.25, 0.3) is 0 Å². The standard InChI is InChI=1S/C13H22N2O/c14-11-13(16)6-8-15(9-7-13)10-12-4-2-1-3-5-12/h2,4-5,16H,1,3,6-11,14H2. The average molecular weight is 222 g/mol. The number of allylic oxidation sites excluding steroid dienone is 2. The molecule has 1 heterocycles. The Morgan fingerprint density at radius 3 is 2.62 bits per heavy atom. The van der Waals surface area contributed by atoms with Gasteiger partial charge >= 0.3 is 0 Å². The Bertz CT molecular complexity index is 288. The third-order valence-corrected chi connectivity index (χ3v) is 3.64. The number of nitrogens with zero attached hydrogens (tertiary/aromatic N) is 1. The van der Waals surface area contributed by atoms with E-state index in [2.05, 4.69) is 23.1 Å². The highest BCUT2D eigenvalue weighted by Gasteiger charge is 2.30. The minimum absolute atomic E-state index is 0.392. The van der Waals surface area contributed by atoms with Gasteiger partial charge in [-0.1, -0.05) is 18.2 Å². The molecule has 0 unspecified atom stereocenters. The minimum atomic E-state index is -0.604. The largest absolute Gasteiger partial charge is 0.388 e. The summed E-state index contributed by atoms with van der Waals surface area (Å²) in [4.78, 5) is 2.41. The van der Waals surface area contributed by atoms with E-state index in [1.807, 2.05) is 0 Å². The molecule has 2 aliphatic rings. The Morgan fingerprint density at radius 1 is 1.31 bits per heavy atom. The fourth-order valence-electron chi connectivity index (χ4n) is 2.37. The van der Waals surface area contributed by atoms with E-state index in [-0.39, 0.29) is 0 Å². The maximum Gasteiger partial charge on any atom is 0.0793 e. The van der Waals surface area contributed by atoms with Crippen LogP contribution in [0.15, 0.2) is 23.8 Å². The molecule has 1 aliphatic heterocycles. The fourth-order valence-corrected chi connectivity index (χ4v) is 2.37. The summed E-state index contributed by atoms with van der Waals surface area (Å²) in [5, 5.41) is 10.0. The van der Waals surface area contributed by atoms with Crippen LogP contribution in [-0.4, -0.2) is 41.8 Å². The molecule has 0 spiro atoms. The molecule has 3 heteroatoms. The van der Waals surface area contributed by atoms with Crippen LogP contribution < -0.4 is 5.73 Å². The van der Waals surface area contributed by atoms with Gasteiger partial charge in [-0.25, -0.2) is 0 Å². The second-order valence-corrected chi connectivity index (χ2v) is 4.96. The molecule has 1 saturated heterocycles. The molecule has 0 aromatic carbocycles. The van der Waals surface area contributed by atoms with Gasteiger partial charge in [0.2, 0.25) is 0 Å². The molecule has 0 bridgehead atoms. The zero-order valence-electron chi connectivity index (χ0n) is 9.86. The van der Waals surface area contributed by atoms with Crippen molar-refractivity contribution < 1.29 is 5.11 Å². The van der Waals surface area contributed by atoms with E-state index >= 15 is 0 Å². The molecular weight excluding hydrogens is 200 g/mol. The van der Waals surface area contributed by atoms with E-state index in [0.717, 1.165) is 32.5 Å². The van der Waals surface area contributed by atoms with E-state index in [4.69, 9.17) is 5.73 Å². The van der Waals surface area contributed by atoms with E-state index in [9.17, 15) is 5.11 Å². The predicted octanol–water partition coefficient (Wildman–Crippen LogP) is 1.05. The SMILES string of the molecule is NCC1(O)CCN(CC2=CCCC=C2)CC1. The first kappa shape index (κ1) is 11.8. The van der Waals surface area contributed by atoms with E-state index in [1.54, 1.807) is 0 Å². The molecular formula is C13H22N2O. The molecule has 1 aliphatic carbocycles. The second kappa shape index (κ2) is 5.13. The third-order valence-electron chi connectivity index (χ3n) is 3.64. The molecule has 0 aromatic rings. The van der Waals surface area contributed by atoms with Gasteiger partial charge in [0.05, 0.1) is 5.60 Å². The third kappa shape index (κ3) is 2.94. The Balaban J connectivity index is 1.81. The van der Waals surface area contributed by atoms with Crippen LogP contribution in [0.2, 0.25) is 0 Å². The first-order valence-corrected chi connectivity index (χ1v) is 6.22. The maximum absolute atomic E-state index is 10.0. The highest BCUT2D eigenvalue weighted by molar-refractivity contribution is 5.23. The second-order valence-electron chi connectivity index (χ2n) is 4.96. The van der Waals surface area contributed by atoms with Crippen LogP contribution in [0.4, 0.5) is 0 Å². The molecule has 0 amide bonds. The quantitative estimate of drug-likeness (QED) is 0.750. The van der Waals surface area contributed by atoms with E-state index < -0.39 is 5.60 Å². The molecule has 2 rings (SSSR count). The van der Waals surface area contributed by atoms with Crippen molar-refractivity contribution in [3.05, 3.63) is 23.8 Å². The average Bonchev–Trinajstić information content (AvgIpc) is 2.34. The summed E-state index contributed by atoms with van der Waals surface area (Å²) in [6, 6.07) is 0. The predicted molar refractivity (Wildman–Crippen MR) is 66.1 cm³/mol. The van der Waals surface area contributed by atoms with Crippen LogP contribution in [0.1, 0.15) is 25.7 Å². The molecule has 0 aromatic heterocycles. The highest BCUT2D eigenvalue weighted by atomic mass is 16.3. The van der Waals surface area contributed by atoms with Crippen molar-refractivity contribution in [2.75, 3.05) is 26.2 Å². The Morgan fingerprint density at radius 2 is 2.06 bits per heavy atom. The Labute approximate surface area is 97.6 Å². The fraction of sp³-hybridized carbons (Fsp3) is 0.692. The number of rotatable bonds is 3. The summed E-state index contributed by atoms with van der Waals surface area (Å²) in [7, 11) is 0. The van der Waals surface area contributed by atoms with E-state index in [0.29, 0.717) is 6.54 Å². The highest BCUT2D eigenvalue weighted by Crippen LogP contribution is 2.22. The zero-order chi connectivity index (χ0) is 11.4. The smallest absolute Gasteiger partial charge is 0.0793 e. The number of piperidine rings is 1. The summed E-state index contributed by atoms with van der Waals surface area (Å²) in [5.41, 5.74) is 6.39. The normalized spacial score (nSPS) is 25.5. The lowest BCUT2D eigenvalue weighted by Gasteiger charge is -2.37. The number of likely N-dealkylation sites (tertiary alicyclic amines) is 1. The molecule has 0 saturated carbocycles. The van der Waals surface area contributed by atoms with Gasteiger partial charge < -0.3 is 10.8 Å². The van der Waals surface area contributed by atoms with Crippen LogP contribution in [0.5, 0.6) is 0 Å². The number of hydrogen-bond donors (Lipinski definition) is 2. The summed E-state index contributed by atoms with van der Waals surface area (Å²) in [5.74, 6) is 0. The summed E-state index contributed by atoms with van der Waals surface area (Å²) in [6.07, 6.45) is 10.8. The summed E-state index contributed by atoms with van der Waals surface area (Å²) < 4.78 is 0. The lowest BCUT2D eigenvalue weighted by Crippen LogP contribution is -2.48. The molecule has 90 valence electrons. The van der Waals surface area contributed by atoms with Crippen LogP contribution in [0, 0.1) is 0 Å². The first-order chi connectivity index (χ1) is 7.72. The molecule has 3 nitrogen and oxygen atoms in total. The van der Waals surface area contributed by atoms with E-state index in [1.165, 1.54) is 18.4 Å². The van der Waals surface area contributed by atoms with Crippen LogP contribution >= 0.6 is 0 Å². The molecule has 0 radical (unpaired) electrons.